The van der Waals surface area contributed by atoms with E-state index in [4.69, 9.17) is 0 Å². The number of nitrogens with one attached hydrogen (secondary N) is 2. The largest absolute Gasteiger partial charge is 0.344 e. The van der Waals surface area contributed by atoms with Gasteiger partial charge in [0.1, 0.15) is 18.1 Å². The molecule has 1 aromatic carbocycles. The molecule has 2 N–H and O–H groups in total. The summed E-state index contributed by atoms with van der Waals surface area (Å²) in [6, 6.07) is 7.13. The Balaban J connectivity index is 1.94. The molecule has 1 aromatic rings. The van der Waals surface area contributed by atoms with Crippen molar-refractivity contribution in [1.29, 1.82) is 5.26 Å². The van der Waals surface area contributed by atoms with Gasteiger partial charge >= 0.3 is 0 Å². The molecule has 1 spiro atoms. The molecule has 3 rings (SSSR count). The van der Waals surface area contributed by atoms with E-state index in [1.54, 1.807) is 27.8 Å². The number of hydrogen-bond acceptors (Lipinski definition) is 5. The summed E-state index contributed by atoms with van der Waals surface area (Å²) < 4.78 is 0. The molecule has 9 nitrogen and oxygen atoms in total. The van der Waals surface area contributed by atoms with Gasteiger partial charge in [0.05, 0.1) is 11.5 Å². The van der Waals surface area contributed by atoms with Crippen molar-refractivity contribution < 1.29 is 19.2 Å². The van der Waals surface area contributed by atoms with Gasteiger partial charge in [-0.15, -0.1) is 0 Å². The molecule has 0 bridgehead atoms. The summed E-state index contributed by atoms with van der Waals surface area (Å²) >= 11 is 0. The summed E-state index contributed by atoms with van der Waals surface area (Å²) in [5, 5.41) is 15.9. The summed E-state index contributed by atoms with van der Waals surface area (Å²) in [6.45, 7) is 15.4. The molecule has 218 valence electrons. The highest BCUT2D eigenvalue weighted by atomic mass is 16.2. The van der Waals surface area contributed by atoms with Crippen molar-refractivity contribution in [3.05, 3.63) is 29.8 Å². The van der Waals surface area contributed by atoms with Crippen LogP contribution in [0.3, 0.4) is 0 Å². The minimum Gasteiger partial charge on any atom is -0.344 e. The topological polar surface area (TPSA) is 123 Å². The van der Waals surface area contributed by atoms with Crippen LogP contribution in [0, 0.1) is 28.1 Å². The van der Waals surface area contributed by atoms with Gasteiger partial charge in [0.15, 0.2) is 0 Å². The maximum absolute atomic E-state index is 14.2. The third-order valence-corrected chi connectivity index (χ3v) is 7.81. The number of amides is 4. The molecule has 4 amide bonds. The van der Waals surface area contributed by atoms with Crippen LogP contribution in [-0.2, 0) is 24.6 Å². The van der Waals surface area contributed by atoms with Crippen LogP contribution in [0.15, 0.2) is 24.3 Å². The highest BCUT2D eigenvalue weighted by Gasteiger charge is 2.56. The van der Waals surface area contributed by atoms with Crippen molar-refractivity contribution in [3.63, 3.8) is 0 Å². The van der Waals surface area contributed by atoms with E-state index in [0.717, 1.165) is 5.56 Å². The molecule has 2 heterocycles. The zero-order valence-corrected chi connectivity index (χ0v) is 25.4. The summed E-state index contributed by atoms with van der Waals surface area (Å²) in [6.07, 6.45) is 0.963. The number of carbonyl (C=O) groups is 4. The highest BCUT2D eigenvalue weighted by Crippen LogP contribution is 2.46. The minimum absolute atomic E-state index is 0.0652. The van der Waals surface area contributed by atoms with Crippen molar-refractivity contribution >= 4 is 29.3 Å². The van der Waals surface area contributed by atoms with Crippen LogP contribution in [0.2, 0.25) is 0 Å². The normalized spacial score (nSPS) is 22.0. The Bertz CT molecular complexity index is 1210. The van der Waals surface area contributed by atoms with Gasteiger partial charge in [0.25, 0.3) is 0 Å². The minimum atomic E-state index is -1.01. The lowest BCUT2D eigenvalue weighted by atomic mass is 9.80. The number of hydrogen-bond donors (Lipinski definition) is 2. The van der Waals surface area contributed by atoms with Crippen molar-refractivity contribution in [2.75, 3.05) is 18.9 Å². The maximum atomic E-state index is 14.2. The Morgan fingerprint density at radius 2 is 1.80 bits per heavy atom. The van der Waals surface area contributed by atoms with E-state index in [9.17, 15) is 24.4 Å². The molecule has 1 saturated heterocycles. The molecule has 0 aliphatic carbocycles. The second kappa shape index (κ2) is 11.2. The van der Waals surface area contributed by atoms with Crippen LogP contribution >= 0.6 is 0 Å². The molecule has 0 saturated carbocycles. The summed E-state index contributed by atoms with van der Waals surface area (Å²) in [5.74, 6) is -1.10. The van der Waals surface area contributed by atoms with E-state index < -0.39 is 29.0 Å². The number of benzene rings is 1. The quantitative estimate of drug-likeness (QED) is 0.533. The Morgan fingerprint density at radius 1 is 1.18 bits per heavy atom. The zero-order valence-electron chi connectivity index (χ0n) is 25.4. The van der Waals surface area contributed by atoms with Gasteiger partial charge in [0.2, 0.25) is 23.6 Å². The van der Waals surface area contributed by atoms with Gasteiger partial charge in [-0.1, -0.05) is 73.6 Å². The van der Waals surface area contributed by atoms with Crippen molar-refractivity contribution in [3.8, 4) is 6.07 Å². The molecule has 1 unspecified atom stereocenters. The van der Waals surface area contributed by atoms with E-state index in [2.05, 4.69) is 16.7 Å². The highest BCUT2D eigenvalue weighted by molar-refractivity contribution is 6.07. The van der Waals surface area contributed by atoms with E-state index in [-0.39, 0.29) is 47.9 Å². The molecule has 0 radical (unpaired) electrons. The first-order valence-corrected chi connectivity index (χ1v) is 14.1. The van der Waals surface area contributed by atoms with Gasteiger partial charge in [-0.25, -0.2) is 0 Å². The van der Waals surface area contributed by atoms with Crippen molar-refractivity contribution in [2.24, 2.45) is 16.7 Å². The van der Waals surface area contributed by atoms with Gasteiger partial charge in [-0.05, 0) is 35.8 Å². The molecule has 0 aromatic heterocycles. The van der Waals surface area contributed by atoms with Gasteiger partial charge < -0.3 is 20.4 Å². The summed E-state index contributed by atoms with van der Waals surface area (Å²) in [7, 11) is 1.59. The van der Waals surface area contributed by atoms with Gasteiger partial charge in [-0.2, -0.15) is 5.26 Å². The molecule has 9 heteroatoms. The number of likely N-dealkylation sites (tertiary alicyclic amines) is 1. The second-order valence-electron chi connectivity index (χ2n) is 14.0. The number of nitrogens with zero attached hydrogens (tertiary/aromatic N) is 3. The van der Waals surface area contributed by atoms with Gasteiger partial charge in [0, 0.05) is 31.1 Å². The lowest BCUT2D eigenvalue weighted by Crippen LogP contribution is -2.57. The molecule has 2 aliphatic rings. The van der Waals surface area contributed by atoms with Crippen LogP contribution in [0.25, 0.3) is 0 Å². The van der Waals surface area contributed by atoms with Gasteiger partial charge in [-0.3, -0.25) is 19.2 Å². The van der Waals surface area contributed by atoms with E-state index in [1.807, 2.05) is 58.9 Å². The standard InChI is InChI=1S/C31H45N5O4/c1-19(2)14-24(35(9)25(37)23(16-29(3,4)5)34-27(39)30(6,7)8)26(38)36-18-31(15-20(36)17-32)21-12-10-11-13-22(21)33-28(31)40/h10-13,19-20,23-24H,14-16,18H2,1-9H3,(H,33,40)(H,34,39)/t20-,23?,24-,31-/m0/s1. The lowest BCUT2D eigenvalue weighted by molar-refractivity contribution is -0.148. The van der Waals surface area contributed by atoms with E-state index >= 15 is 0 Å². The number of nitriles is 1. The number of likely N-dealkylation sites (N-methyl/N-ethyl adjacent to an activating group) is 1. The molecule has 40 heavy (non-hydrogen) atoms. The van der Waals surface area contributed by atoms with Crippen LogP contribution in [0.5, 0.6) is 0 Å². The Labute approximate surface area is 238 Å². The average molecular weight is 552 g/mol. The third-order valence-electron chi connectivity index (χ3n) is 7.81. The Morgan fingerprint density at radius 3 is 2.35 bits per heavy atom. The fraction of sp³-hybridized carbons (Fsp3) is 0.645. The predicted octanol–water partition coefficient (Wildman–Crippen LogP) is 3.84. The summed E-state index contributed by atoms with van der Waals surface area (Å²) in [5.41, 5.74) is -0.475. The fourth-order valence-corrected chi connectivity index (χ4v) is 5.64. The Hall–Kier alpha value is -3.41. The first-order valence-electron chi connectivity index (χ1n) is 14.1. The number of carbonyl (C=O) groups excluding carboxylic acids is 4. The first kappa shape index (κ1) is 31.1. The second-order valence-corrected chi connectivity index (χ2v) is 14.0. The smallest absolute Gasteiger partial charge is 0.246 e. The lowest BCUT2D eigenvalue weighted by Gasteiger charge is -2.37. The maximum Gasteiger partial charge on any atom is 0.246 e. The number of para-hydroxylation sites is 1. The monoisotopic (exact) mass is 551 g/mol. The molecule has 1 fully saturated rings. The average Bonchev–Trinajstić information content (AvgIpc) is 3.37. The zero-order chi connectivity index (χ0) is 30.2. The first-order chi connectivity index (χ1) is 18.4. The molecular weight excluding hydrogens is 506 g/mol. The number of anilines is 1. The van der Waals surface area contributed by atoms with Crippen LogP contribution in [-0.4, -0.2) is 65.1 Å². The summed E-state index contributed by atoms with van der Waals surface area (Å²) in [4.78, 5) is 57.2. The number of rotatable bonds is 7. The predicted molar refractivity (Wildman–Crippen MR) is 154 cm³/mol. The SMILES string of the molecule is CC(C)C[C@@H](C(=O)N1C[C@]2(C[C@H]1C#N)C(=O)Nc1ccccc12)N(C)C(=O)C(CC(C)(C)C)NC(=O)C(C)(C)C. The number of fused-ring (bicyclic) bond motifs is 2. The van der Waals surface area contributed by atoms with Crippen LogP contribution < -0.4 is 10.6 Å². The van der Waals surface area contributed by atoms with E-state index in [0.29, 0.717) is 18.5 Å². The molecule has 2 aliphatic heterocycles. The van der Waals surface area contributed by atoms with Crippen LogP contribution in [0.1, 0.15) is 80.2 Å². The molecule has 4 atom stereocenters. The fourth-order valence-electron chi connectivity index (χ4n) is 5.64. The Kier molecular flexibility index (Phi) is 8.73. The third kappa shape index (κ3) is 6.32. The van der Waals surface area contributed by atoms with E-state index in [1.165, 1.54) is 9.80 Å². The van der Waals surface area contributed by atoms with Crippen LogP contribution in [0.4, 0.5) is 5.69 Å². The van der Waals surface area contributed by atoms with Crippen molar-refractivity contribution in [1.82, 2.24) is 15.1 Å². The van der Waals surface area contributed by atoms with Crippen molar-refractivity contribution in [2.45, 2.75) is 98.2 Å². The molecular formula is C31H45N5O4.